The van der Waals surface area contributed by atoms with Gasteiger partial charge in [-0.1, -0.05) is 19.3 Å². The maximum absolute atomic E-state index is 11.5. The largest absolute Gasteiger partial charge is 0.479 e. The van der Waals surface area contributed by atoms with E-state index in [9.17, 15) is 24.9 Å². The van der Waals surface area contributed by atoms with Crippen LogP contribution in [-0.4, -0.2) is 45.6 Å². The summed E-state index contributed by atoms with van der Waals surface area (Å²) < 4.78 is 4.39. The van der Waals surface area contributed by atoms with E-state index in [4.69, 9.17) is 0 Å². The monoisotopic (exact) mass is 260 g/mol. The summed E-state index contributed by atoms with van der Waals surface area (Å²) in [7, 11) is 1.04. The number of carboxylic acids is 1. The molecule has 0 spiro atoms. The molecule has 1 rings (SSSR count). The van der Waals surface area contributed by atoms with Crippen LogP contribution in [0.1, 0.15) is 39.0 Å². The second-order valence-electron chi connectivity index (χ2n) is 4.97. The average Bonchev–Trinajstić information content (AvgIpc) is 2.37. The molecule has 18 heavy (non-hydrogen) atoms. The number of ether oxygens (including phenoxy) is 1. The molecule has 1 saturated carbocycles. The lowest BCUT2D eigenvalue weighted by atomic mass is 9.68. The summed E-state index contributed by atoms with van der Waals surface area (Å²) in [5, 5.41) is 29.8. The normalized spacial score (nSPS) is 23.8. The summed E-state index contributed by atoms with van der Waals surface area (Å²) in [4.78, 5) is 22.9. The fourth-order valence-corrected chi connectivity index (χ4v) is 2.66. The zero-order chi connectivity index (χ0) is 14.0. The Kier molecular flexibility index (Phi) is 4.34. The summed E-state index contributed by atoms with van der Waals surface area (Å²) in [5.74, 6) is -3.39. The van der Waals surface area contributed by atoms with Crippen LogP contribution in [-0.2, 0) is 14.3 Å². The van der Waals surface area contributed by atoms with Crippen LogP contribution < -0.4 is 0 Å². The Morgan fingerprint density at radius 2 is 1.67 bits per heavy atom. The first-order valence-electron chi connectivity index (χ1n) is 6.05. The Bertz CT molecular complexity index is 331. The van der Waals surface area contributed by atoms with Gasteiger partial charge in [0.25, 0.3) is 0 Å². The molecule has 6 heteroatoms. The highest BCUT2D eigenvalue weighted by Gasteiger charge is 2.61. The maximum atomic E-state index is 11.5. The molecular formula is C12H20O6. The van der Waals surface area contributed by atoms with E-state index >= 15 is 0 Å². The lowest BCUT2D eigenvalue weighted by Crippen LogP contribution is -2.66. The molecule has 0 aliphatic heterocycles. The first-order chi connectivity index (χ1) is 8.28. The zero-order valence-corrected chi connectivity index (χ0v) is 10.7. The minimum absolute atomic E-state index is 0.468. The quantitative estimate of drug-likeness (QED) is 0.628. The molecule has 0 bridgehead atoms. The van der Waals surface area contributed by atoms with Crippen molar-refractivity contribution in [1.29, 1.82) is 0 Å². The Labute approximate surface area is 106 Å². The minimum Gasteiger partial charge on any atom is -0.479 e. The van der Waals surface area contributed by atoms with Gasteiger partial charge in [-0.05, 0) is 19.8 Å². The molecule has 104 valence electrons. The van der Waals surface area contributed by atoms with Crippen molar-refractivity contribution < 1.29 is 29.6 Å². The predicted octanol–water partition coefficient (Wildman–Crippen LogP) is 0.306. The lowest BCUT2D eigenvalue weighted by Gasteiger charge is -2.42. The third-order valence-electron chi connectivity index (χ3n) is 3.85. The number of hydrogen-bond donors (Lipinski definition) is 3. The van der Waals surface area contributed by atoms with Crippen LogP contribution in [0.25, 0.3) is 0 Å². The smallest absolute Gasteiger partial charge is 0.341 e. The molecule has 0 heterocycles. The molecule has 3 N–H and O–H groups in total. The van der Waals surface area contributed by atoms with E-state index in [0.717, 1.165) is 33.3 Å². The van der Waals surface area contributed by atoms with Crippen molar-refractivity contribution in [1.82, 2.24) is 0 Å². The molecule has 0 aromatic heterocycles. The Balaban J connectivity index is 3.13. The van der Waals surface area contributed by atoms with Crippen LogP contribution in [0, 0.1) is 5.92 Å². The van der Waals surface area contributed by atoms with Crippen molar-refractivity contribution in [2.45, 2.75) is 50.2 Å². The summed E-state index contributed by atoms with van der Waals surface area (Å²) in [6.07, 6.45) is 3.45. The van der Waals surface area contributed by atoms with Gasteiger partial charge in [0.2, 0.25) is 5.60 Å². The minimum atomic E-state index is -2.51. The van der Waals surface area contributed by atoms with E-state index in [1.54, 1.807) is 0 Å². The van der Waals surface area contributed by atoms with Gasteiger partial charge in [0, 0.05) is 5.92 Å². The number of aliphatic hydroxyl groups is 2. The molecular weight excluding hydrogens is 240 g/mol. The second kappa shape index (κ2) is 5.24. The topological polar surface area (TPSA) is 104 Å². The highest BCUT2D eigenvalue weighted by Crippen LogP contribution is 2.40. The number of esters is 1. The zero-order valence-electron chi connectivity index (χ0n) is 10.7. The van der Waals surface area contributed by atoms with E-state index in [1.807, 2.05) is 0 Å². The van der Waals surface area contributed by atoms with Crippen molar-refractivity contribution in [3.8, 4) is 0 Å². The van der Waals surface area contributed by atoms with Crippen LogP contribution in [0.2, 0.25) is 0 Å². The van der Waals surface area contributed by atoms with Gasteiger partial charge >= 0.3 is 11.9 Å². The van der Waals surface area contributed by atoms with Crippen molar-refractivity contribution in [2.75, 3.05) is 7.11 Å². The fraction of sp³-hybridized carbons (Fsp3) is 0.833. The van der Waals surface area contributed by atoms with Gasteiger partial charge < -0.3 is 20.1 Å². The molecule has 2 atom stereocenters. The summed E-state index contributed by atoms with van der Waals surface area (Å²) in [6, 6.07) is 0. The molecule has 0 aromatic carbocycles. The number of carboxylic acid groups (broad SMARTS) is 1. The summed E-state index contributed by atoms with van der Waals surface area (Å²) >= 11 is 0. The predicted molar refractivity (Wildman–Crippen MR) is 61.8 cm³/mol. The van der Waals surface area contributed by atoms with Gasteiger partial charge in [0.05, 0.1) is 7.11 Å². The van der Waals surface area contributed by atoms with Crippen LogP contribution >= 0.6 is 0 Å². The third-order valence-corrected chi connectivity index (χ3v) is 3.85. The molecule has 1 aliphatic rings. The van der Waals surface area contributed by atoms with Crippen LogP contribution in [0.15, 0.2) is 0 Å². The third kappa shape index (κ3) is 2.22. The second-order valence-corrected chi connectivity index (χ2v) is 4.97. The average molecular weight is 260 g/mol. The molecule has 0 amide bonds. The fourth-order valence-electron chi connectivity index (χ4n) is 2.66. The van der Waals surface area contributed by atoms with Crippen LogP contribution in [0.4, 0.5) is 0 Å². The molecule has 2 unspecified atom stereocenters. The molecule has 6 nitrogen and oxygen atoms in total. The molecule has 1 aliphatic carbocycles. The standard InChI is InChI=1S/C12H20O6/c1-11(16,10(15)18-2)12(17,9(13)14)8-6-4-3-5-7-8/h8,16-17H,3-7H2,1-2H3,(H,13,14). The van der Waals surface area contributed by atoms with E-state index in [0.29, 0.717) is 12.8 Å². The van der Waals surface area contributed by atoms with Gasteiger partial charge in [-0.15, -0.1) is 0 Å². The van der Waals surface area contributed by atoms with Crippen molar-refractivity contribution in [3.63, 3.8) is 0 Å². The number of rotatable bonds is 4. The van der Waals surface area contributed by atoms with E-state index in [1.165, 1.54) is 0 Å². The maximum Gasteiger partial charge on any atom is 0.341 e. The van der Waals surface area contributed by atoms with Crippen molar-refractivity contribution in [3.05, 3.63) is 0 Å². The van der Waals surface area contributed by atoms with Gasteiger partial charge in [-0.2, -0.15) is 0 Å². The molecule has 0 radical (unpaired) electrons. The number of carbonyl (C=O) groups is 2. The van der Waals surface area contributed by atoms with Gasteiger partial charge in [-0.25, -0.2) is 9.59 Å². The summed E-state index contributed by atoms with van der Waals surface area (Å²) in [6.45, 7) is 0.988. The van der Waals surface area contributed by atoms with Crippen LogP contribution in [0.5, 0.6) is 0 Å². The summed E-state index contributed by atoms with van der Waals surface area (Å²) in [5.41, 5.74) is -4.98. The highest BCUT2D eigenvalue weighted by molar-refractivity contribution is 5.91. The highest BCUT2D eigenvalue weighted by atomic mass is 16.5. The lowest BCUT2D eigenvalue weighted by molar-refractivity contribution is -0.218. The Morgan fingerprint density at radius 3 is 2.06 bits per heavy atom. The van der Waals surface area contributed by atoms with E-state index in [2.05, 4.69) is 4.74 Å². The van der Waals surface area contributed by atoms with Gasteiger partial charge in [0.15, 0.2) is 5.60 Å². The number of hydrogen-bond acceptors (Lipinski definition) is 5. The first kappa shape index (κ1) is 14.9. The number of methoxy groups -OCH3 is 1. The molecule has 1 fully saturated rings. The Morgan fingerprint density at radius 1 is 1.17 bits per heavy atom. The van der Waals surface area contributed by atoms with Crippen molar-refractivity contribution in [2.24, 2.45) is 5.92 Å². The number of aliphatic carboxylic acids is 1. The molecule has 0 saturated heterocycles. The van der Waals surface area contributed by atoms with E-state index < -0.39 is 29.1 Å². The van der Waals surface area contributed by atoms with Crippen molar-refractivity contribution >= 4 is 11.9 Å². The number of carbonyl (C=O) groups excluding carboxylic acids is 1. The molecule has 0 aromatic rings. The Hall–Kier alpha value is -1.14. The van der Waals surface area contributed by atoms with Crippen LogP contribution in [0.3, 0.4) is 0 Å². The van der Waals surface area contributed by atoms with E-state index in [-0.39, 0.29) is 0 Å². The van der Waals surface area contributed by atoms with Gasteiger partial charge in [0.1, 0.15) is 0 Å². The SMILES string of the molecule is COC(=O)C(C)(O)C(O)(C(=O)O)C1CCCCC1. The van der Waals surface area contributed by atoms with Gasteiger partial charge in [-0.3, -0.25) is 0 Å². The first-order valence-corrected chi connectivity index (χ1v) is 6.05.